The van der Waals surface area contributed by atoms with Gasteiger partial charge >= 0.3 is 0 Å². The van der Waals surface area contributed by atoms with E-state index in [9.17, 15) is 0 Å². The number of aromatic amines is 1. The molecule has 21 heavy (non-hydrogen) atoms. The maximum absolute atomic E-state index is 5.41. The highest BCUT2D eigenvalue weighted by Crippen LogP contribution is 2.30. The summed E-state index contributed by atoms with van der Waals surface area (Å²) in [5.74, 6) is 1.43. The molecule has 0 bridgehead atoms. The number of nitrogens with one attached hydrogen (secondary N) is 1. The van der Waals surface area contributed by atoms with E-state index in [4.69, 9.17) is 9.26 Å². The third kappa shape index (κ3) is 2.23. The molecule has 1 aromatic carbocycles. The monoisotopic (exact) mass is 282 g/mol. The zero-order valence-corrected chi connectivity index (χ0v) is 11.3. The van der Waals surface area contributed by atoms with Gasteiger partial charge in [-0.05, 0) is 6.42 Å². The van der Waals surface area contributed by atoms with Crippen LogP contribution in [0.2, 0.25) is 0 Å². The molecule has 1 N–H and O–H groups in total. The molecular formula is C15H14N4O2. The second kappa shape index (κ2) is 5.14. The minimum absolute atomic E-state index is 0.231. The van der Waals surface area contributed by atoms with Crippen LogP contribution in [0.1, 0.15) is 18.2 Å². The van der Waals surface area contributed by atoms with Crippen LogP contribution in [-0.4, -0.2) is 33.6 Å². The molecule has 3 heterocycles. The van der Waals surface area contributed by atoms with E-state index in [0.29, 0.717) is 18.3 Å². The van der Waals surface area contributed by atoms with E-state index in [1.807, 2.05) is 30.3 Å². The zero-order chi connectivity index (χ0) is 14.1. The quantitative estimate of drug-likeness (QED) is 0.799. The van der Waals surface area contributed by atoms with Gasteiger partial charge in [0.15, 0.2) is 5.82 Å². The molecule has 0 aliphatic carbocycles. The standard InChI is InChI=1S/C15H14N4O2/c1-2-4-10(5-3-1)13-12(8-16-18-13)15-17-14(19-21-15)11-6-7-20-9-11/h1-5,8,11H,6-7,9H2,(H,16,18). The van der Waals surface area contributed by atoms with Crippen molar-refractivity contribution in [1.82, 2.24) is 20.3 Å². The van der Waals surface area contributed by atoms with Crippen molar-refractivity contribution in [2.45, 2.75) is 12.3 Å². The summed E-state index contributed by atoms with van der Waals surface area (Å²) in [6, 6.07) is 9.97. The Labute approximate surface area is 121 Å². The fourth-order valence-corrected chi connectivity index (χ4v) is 2.52. The maximum Gasteiger partial charge on any atom is 0.261 e. The van der Waals surface area contributed by atoms with Crippen LogP contribution in [-0.2, 0) is 4.74 Å². The van der Waals surface area contributed by atoms with Gasteiger partial charge in [0.1, 0.15) is 0 Å². The summed E-state index contributed by atoms with van der Waals surface area (Å²) in [6.45, 7) is 1.42. The molecular weight excluding hydrogens is 268 g/mol. The van der Waals surface area contributed by atoms with Gasteiger partial charge < -0.3 is 9.26 Å². The third-order valence-electron chi connectivity index (χ3n) is 3.67. The molecule has 0 radical (unpaired) electrons. The van der Waals surface area contributed by atoms with Gasteiger partial charge in [0.25, 0.3) is 5.89 Å². The van der Waals surface area contributed by atoms with Crippen molar-refractivity contribution in [3.8, 4) is 22.7 Å². The van der Waals surface area contributed by atoms with Crippen LogP contribution < -0.4 is 0 Å². The Morgan fingerprint density at radius 1 is 1.19 bits per heavy atom. The molecule has 0 saturated carbocycles. The molecule has 6 nitrogen and oxygen atoms in total. The highest BCUT2D eigenvalue weighted by molar-refractivity contribution is 5.75. The number of hydrogen-bond acceptors (Lipinski definition) is 5. The molecule has 4 rings (SSSR count). The molecule has 2 aromatic heterocycles. The first-order chi connectivity index (χ1) is 10.4. The minimum atomic E-state index is 0.231. The molecule has 1 atom stereocenters. The molecule has 0 amide bonds. The number of hydrogen-bond donors (Lipinski definition) is 1. The van der Waals surface area contributed by atoms with Crippen LogP contribution >= 0.6 is 0 Å². The molecule has 3 aromatic rings. The van der Waals surface area contributed by atoms with Crippen LogP contribution in [0, 0.1) is 0 Å². The lowest BCUT2D eigenvalue weighted by molar-refractivity contribution is 0.192. The largest absolute Gasteiger partial charge is 0.381 e. The number of benzene rings is 1. The summed E-state index contributed by atoms with van der Waals surface area (Å²) < 4.78 is 10.8. The first kappa shape index (κ1) is 12.3. The predicted octanol–water partition coefficient (Wildman–Crippen LogP) is 2.63. The second-order valence-corrected chi connectivity index (χ2v) is 5.04. The van der Waals surface area contributed by atoms with Crippen LogP contribution in [0.4, 0.5) is 0 Å². The molecule has 1 saturated heterocycles. The van der Waals surface area contributed by atoms with Crippen molar-refractivity contribution in [1.29, 1.82) is 0 Å². The van der Waals surface area contributed by atoms with Gasteiger partial charge in [-0.25, -0.2) is 0 Å². The van der Waals surface area contributed by atoms with E-state index in [2.05, 4.69) is 20.3 Å². The van der Waals surface area contributed by atoms with Gasteiger partial charge in [0.05, 0.1) is 24.1 Å². The summed E-state index contributed by atoms with van der Waals surface area (Å²) in [5.41, 5.74) is 2.74. The van der Waals surface area contributed by atoms with Crippen molar-refractivity contribution in [2.75, 3.05) is 13.2 Å². The third-order valence-corrected chi connectivity index (χ3v) is 3.67. The summed E-state index contributed by atoms with van der Waals surface area (Å²) >= 11 is 0. The van der Waals surface area contributed by atoms with E-state index < -0.39 is 0 Å². The van der Waals surface area contributed by atoms with E-state index in [1.165, 1.54) is 0 Å². The Kier molecular flexibility index (Phi) is 3.01. The Hall–Kier alpha value is -2.47. The van der Waals surface area contributed by atoms with Crippen molar-refractivity contribution in [2.24, 2.45) is 0 Å². The number of nitrogens with zero attached hydrogens (tertiary/aromatic N) is 3. The lowest BCUT2D eigenvalue weighted by atomic mass is 10.1. The molecule has 1 unspecified atom stereocenters. The zero-order valence-electron chi connectivity index (χ0n) is 11.3. The lowest BCUT2D eigenvalue weighted by Crippen LogP contribution is -1.99. The fraction of sp³-hybridized carbons (Fsp3) is 0.267. The number of ether oxygens (including phenoxy) is 1. The molecule has 1 aliphatic heterocycles. The number of H-pyrrole nitrogens is 1. The van der Waals surface area contributed by atoms with Crippen molar-refractivity contribution in [3.63, 3.8) is 0 Å². The van der Waals surface area contributed by atoms with Crippen LogP contribution in [0.15, 0.2) is 41.1 Å². The first-order valence-electron chi connectivity index (χ1n) is 6.92. The van der Waals surface area contributed by atoms with Crippen molar-refractivity contribution in [3.05, 3.63) is 42.4 Å². The topological polar surface area (TPSA) is 76.8 Å². The Bertz CT molecular complexity index is 729. The van der Waals surface area contributed by atoms with E-state index in [1.54, 1.807) is 6.20 Å². The van der Waals surface area contributed by atoms with Gasteiger partial charge in [-0.2, -0.15) is 10.1 Å². The average Bonchev–Trinajstić information content (AvgIpc) is 3.27. The van der Waals surface area contributed by atoms with Gasteiger partial charge in [-0.1, -0.05) is 35.5 Å². The van der Waals surface area contributed by atoms with E-state index in [0.717, 1.165) is 29.8 Å². The molecule has 0 spiro atoms. The normalized spacial score (nSPS) is 18.2. The molecule has 1 aliphatic rings. The lowest BCUT2D eigenvalue weighted by Gasteiger charge is -1.99. The molecule has 106 valence electrons. The van der Waals surface area contributed by atoms with E-state index in [-0.39, 0.29) is 5.92 Å². The summed E-state index contributed by atoms with van der Waals surface area (Å²) in [6.07, 6.45) is 2.65. The van der Waals surface area contributed by atoms with Crippen LogP contribution in [0.3, 0.4) is 0 Å². The fourth-order valence-electron chi connectivity index (χ4n) is 2.52. The highest BCUT2D eigenvalue weighted by Gasteiger charge is 2.24. The predicted molar refractivity (Wildman–Crippen MR) is 75.5 cm³/mol. The highest BCUT2D eigenvalue weighted by atomic mass is 16.5. The summed E-state index contributed by atoms with van der Waals surface area (Å²) in [7, 11) is 0. The first-order valence-corrected chi connectivity index (χ1v) is 6.92. The molecule has 6 heteroatoms. The summed E-state index contributed by atoms with van der Waals surface area (Å²) in [4.78, 5) is 4.50. The number of rotatable bonds is 3. The Morgan fingerprint density at radius 3 is 2.90 bits per heavy atom. The van der Waals surface area contributed by atoms with Crippen LogP contribution in [0.5, 0.6) is 0 Å². The van der Waals surface area contributed by atoms with Crippen molar-refractivity contribution >= 4 is 0 Å². The minimum Gasteiger partial charge on any atom is -0.381 e. The maximum atomic E-state index is 5.41. The van der Waals surface area contributed by atoms with Gasteiger partial charge in [0, 0.05) is 18.1 Å². The van der Waals surface area contributed by atoms with E-state index >= 15 is 0 Å². The summed E-state index contributed by atoms with van der Waals surface area (Å²) in [5, 5.41) is 11.2. The second-order valence-electron chi connectivity index (χ2n) is 5.04. The Morgan fingerprint density at radius 2 is 2.10 bits per heavy atom. The van der Waals surface area contributed by atoms with Crippen molar-refractivity contribution < 1.29 is 9.26 Å². The van der Waals surface area contributed by atoms with Gasteiger partial charge in [0.2, 0.25) is 0 Å². The van der Waals surface area contributed by atoms with Crippen LogP contribution in [0.25, 0.3) is 22.7 Å². The average molecular weight is 282 g/mol. The SMILES string of the molecule is c1ccc(-c2[nH]ncc2-c2nc(C3CCOC3)no2)cc1. The molecule has 1 fully saturated rings. The van der Waals surface area contributed by atoms with Gasteiger partial charge in [-0.3, -0.25) is 5.10 Å². The van der Waals surface area contributed by atoms with Gasteiger partial charge in [-0.15, -0.1) is 0 Å². The number of aromatic nitrogens is 4. The smallest absolute Gasteiger partial charge is 0.261 e. The Balaban J connectivity index is 1.70.